The van der Waals surface area contributed by atoms with Gasteiger partial charge in [-0.3, -0.25) is 9.69 Å². The summed E-state index contributed by atoms with van der Waals surface area (Å²) in [6.07, 6.45) is 3.60. The second kappa shape index (κ2) is 8.48. The van der Waals surface area contributed by atoms with Gasteiger partial charge in [0.2, 0.25) is 5.91 Å². The van der Waals surface area contributed by atoms with Crippen LogP contribution in [0.1, 0.15) is 30.2 Å². The Morgan fingerprint density at radius 1 is 1.26 bits per heavy atom. The molecule has 23 heavy (non-hydrogen) atoms. The fourth-order valence-corrected chi connectivity index (χ4v) is 2.42. The summed E-state index contributed by atoms with van der Waals surface area (Å²) in [6, 6.07) is 10.2. The molecule has 4 nitrogen and oxygen atoms in total. The van der Waals surface area contributed by atoms with Gasteiger partial charge in [-0.1, -0.05) is 12.1 Å². The number of halogens is 1. The molecule has 0 spiro atoms. The average Bonchev–Trinajstić information content (AvgIpc) is 3.03. The molecule has 1 unspecified atom stereocenters. The molecule has 0 fully saturated rings. The number of likely N-dealkylation sites (N-methyl/N-ethyl adjacent to an activating group) is 1. The van der Waals surface area contributed by atoms with Crippen LogP contribution in [0.25, 0.3) is 0 Å². The summed E-state index contributed by atoms with van der Waals surface area (Å²) in [6.45, 7) is 0.510. The van der Waals surface area contributed by atoms with Crippen molar-refractivity contribution in [3.05, 3.63) is 59.8 Å². The van der Waals surface area contributed by atoms with Crippen LogP contribution in [-0.2, 0) is 11.2 Å². The molecule has 0 aliphatic carbocycles. The number of carbonyl (C=O) groups excluding carboxylic acids is 1. The van der Waals surface area contributed by atoms with E-state index in [0.717, 1.165) is 24.2 Å². The number of rotatable bonds is 8. The normalized spacial score (nSPS) is 12.3. The highest BCUT2D eigenvalue weighted by molar-refractivity contribution is 5.75. The predicted molar refractivity (Wildman–Crippen MR) is 87.5 cm³/mol. The Bertz CT molecular complexity index is 594. The number of furan rings is 1. The van der Waals surface area contributed by atoms with Gasteiger partial charge < -0.3 is 9.73 Å². The Labute approximate surface area is 136 Å². The van der Waals surface area contributed by atoms with Crippen molar-refractivity contribution >= 4 is 5.91 Å². The number of amides is 1. The molecule has 0 saturated heterocycles. The van der Waals surface area contributed by atoms with Gasteiger partial charge in [0.05, 0.1) is 12.3 Å². The minimum Gasteiger partial charge on any atom is -0.468 e. The molecule has 1 heterocycles. The van der Waals surface area contributed by atoms with Crippen molar-refractivity contribution in [3.63, 3.8) is 0 Å². The van der Waals surface area contributed by atoms with Gasteiger partial charge in [0.25, 0.3) is 0 Å². The molecule has 1 aromatic carbocycles. The van der Waals surface area contributed by atoms with Crippen molar-refractivity contribution in [1.82, 2.24) is 10.2 Å². The summed E-state index contributed by atoms with van der Waals surface area (Å²) >= 11 is 0. The fourth-order valence-electron chi connectivity index (χ4n) is 2.42. The molecule has 2 rings (SSSR count). The van der Waals surface area contributed by atoms with Gasteiger partial charge >= 0.3 is 0 Å². The summed E-state index contributed by atoms with van der Waals surface area (Å²) in [5.74, 6) is 0.617. The van der Waals surface area contributed by atoms with Crippen LogP contribution in [0.3, 0.4) is 0 Å². The second-order valence-corrected chi connectivity index (χ2v) is 5.78. The molecule has 0 radical (unpaired) electrons. The monoisotopic (exact) mass is 318 g/mol. The minimum atomic E-state index is -0.237. The zero-order valence-electron chi connectivity index (χ0n) is 13.6. The smallest absolute Gasteiger partial charge is 0.220 e. The van der Waals surface area contributed by atoms with E-state index in [9.17, 15) is 9.18 Å². The molecule has 5 heteroatoms. The first kappa shape index (κ1) is 17.2. The number of hydrogen-bond donors (Lipinski definition) is 1. The zero-order valence-corrected chi connectivity index (χ0v) is 13.6. The van der Waals surface area contributed by atoms with Crippen molar-refractivity contribution in [3.8, 4) is 0 Å². The highest BCUT2D eigenvalue weighted by atomic mass is 19.1. The van der Waals surface area contributed by atoms with Crippen molar-refractivity contribution in [2.24, 2.45) is 0 Å². The number of nitrogens with one attached hydrogen (secondary N) is 1. The van der Waals surface area contributed by atoms with Crippen molar-refractivity contribution in [2.75, 3.05) is 20.6 Å². The lowest BCUT2D eigenvalue weighted by Crippen LogP contribution is -2.34. The molecule has 0 saturated carbocycles. The van der Waals surface area contributed by atoms with Crippen LogP contribution in [0, 0.1) is 5.82 Å². The minimum absolute atomic E-state index is 0.0190. The molecule has 0 aliphatic rings. The van der Waals surface area contributed by atoms with E-state index in [1.54, 1.807) is 18.4 Å². The molecule has 1 aromatic heterocycles. The van der Waals surface area contributed by atoms with E-state index in [-0.39, 0.29) is 17.8 Å². The third-order valence-corrected chi connectivity index (χ3v) is 3.77. The SMILES string of the molecule is CN(C)C(CNC(=O)CCCc1ccc(F)cc1)c1ccco1. The summed E-state index contributed by atoms with van der Waals surface area (Å²) in [5, 5.41) is 2.95. The maximum atomic E-state index is 12.8. The first-order chi connectivity index (χ1) is 11.1. The topological polar surface area (TPSA) is 45.5 Å². The van der Waals surface area contributed by atoms with Crippen molar-refractivity contribution in [1.29, 1.82) is 0 Å². The van der Waals surface area contributed by atoms with Gasteiger partial charge in [-0.2, -0.15) is 0 Å². The van der Waals surface area contributed by atoms with Gasteiger partial charge in [0.1, 0.15) is 11.6 Å². The summed E-state index contributed by atoms with van der Waals surface area (Å²) < 4.78 is 18.2. The standard InChI is InChI=1S/C18H23FN2O2/c1-21(2)16(17-6-4-12-23-17)13-20-18(22)7-3-5-14-8-10-15(19)11-9-14/h4,6,8-12,16H,3,5,7,13H2,1-2H3,(H,20,22). The Morgan fingerprint density at radius 2 is 2.00 bits per heavy atom. The van der Waals surface area contributed by atoms with E-state index in [1.807, 2.05) is 31.1 Å². The lowest BCUT2D eigenvalue weighted by molar-refractivity contribution is -0.121. The Balaban J connectivity index is 1.73. The molecule has 124 valence electrons. The largest absolute Gasteiger partial charge is 0.468 e. The van der Waals surface area contributed by atoms with Crippen LogP contribution >= 0.6 is 0 Å². The lowest BCUT2D eigenvalue weighted by atomic mass is 10.1. The Hall–Kier alpha value is -2.14. The maximum Gasteiger partial charge on any atom is 0.220 e. The summed E-state index contributed by atoms with van der Waals surface area (Å²) in [4.78, 5) is 14.0. The van der Waals surface area contributed by atoms with Crippen LogP contribution in [-0.4, -0.2) is 31.4 Å². The average molecular weight is 318 g/mol. The zero-order chi connectivity index (χ0) is 16.7. The van der Waals surface area contributed by atoms with Crippen molar-refractivity contribution < 1.29 is 13.6 Å². The van der Waals surface area contributed by atoms with E-state index in [4.69, 9.17) is 4.42 Å². The molecular weight excluding hydrogens is 295 g/mol. The van der Waals surface area contributed by atoms with Crippen LogP contribution in [0.15, 0.2) is 47.1 Å². The first-order valence-corrected chi connectivity index (χ1v) is 7.77. The predicted octanol–water partition coefficient (Wildman–Crippen LogP) is 3.16. The number of nitrogens with zero attached hydrogens (tertiary/aromatic N) is 1. The Kier molecular flexibility index (Phi) is 6.35. The third kappa shape index (κ3) is 5.53. The van der Waals surface area contributed by atoms with Crippen LogP contribution in [0.2, 0.25) is 0 Å². The molecule has 0 bridgehead atoms. The molecule has 1 atom stereocenters. The van der Waals surface area contributed by atoms with E-state index in [1.165, 1.54) is 12.1 Å². The molecular formula is C18H23FN2O2. The lowest BCUT2D eigenvalue weighted by Gasteiger charge is -2.22. The van der Waals surface area contributed by atoms with Crippen LogP contribution in [0.4, 0.5) is 4.39 Å². The second-order valence-electron chi connectivity index (χ2n) is 5.78. The fraction of sp³-hybridized carbons (Fsp3) is 0.389. The van der Waals surface area contributed by atoms with E-state index < -0.39 is 0 Å². The van der Waals surface area contributed by atoms with Crippen LogP contribution in [0.5, 0.6) is 0 Å². The number of aryl methyl sites for hydroxylation is 1. The van der Waals surface area contributed by atoms with Gasteiger partial charge in [0.15, 0.2) is 0 Å². The highest BCUT2D eigenvalue weighted by Crippen LogP contribution is 2.17. The summed E-state index contributed by atoms with van der Waals surface area (Å²) in [5.41, 5.74) is 1.04. The van der Waals surface area contributed by atoms with Gasteiger partial charge in [0, 0.05) is 13.0 Å². The number of benzene rings is 1. The number of hydrogen-bond acceptors (Lipinski definition) is 3. The maximum absolute atomic E-state index is 12.8. The first-order valence-electron chi connectivity index (χ1n) is 7.77. The van der Waals surface area contributed by atoms with Crippen LogP contribution < -0.4 is 5.32 Å². The third-order valence-electron chi connectivity index (χ3n) is 3.77. The van der Waals surface area contributed by atoms with Gasteiger partial charge in [-0.25, -0.2) is 4.39 Å². The van der Waals surface area contributed by atoms with E-state index in [2.05, 4.69) is 5.32 Å². The molecule has 0 aliphatic heterocycles. The molecule has 1 N–H and O–H groups in total. The van der Waals surface area contributed by atoms with Gasteiger partial charge in [-0.05, 0) is 56.8 Å². The quantitative estimate of drug-likeness (QED) is 0.813. The number of carbonyl (C=O) groups is 1. The molecule has 1 amide bonds. The van der Waals surface area contributed by atoms with E-state index >= 15 is 0 Å². The van der Waals surface area contributed by atoms with E-state index in [0.29, 0.717) is 13.0 Å². The Morgan fingerprint density at radius 3 is 2.61 bits per heavy atom. The highest BCUT2D eigenvalue weighted by Gasteiger charge is 2.17. The summed E-state index contributed by atoms with van der Waals surface area (Å²) in [7, 11) is 3.90. The van der Waals surface area contributed by atoms with Gasteiger partial charge in [-0.15, -0.1) is 0 Å². The van der Waals surface area contributed by atoms with Crippen molar-refractivity contribution in [2.45, 2.75) is 25.3 Å². The molecule has 2 aromatic rings.